The van der Waals surface area contributed by atoms with Gasteiger partial charge >= 0.3 is 0 Å². The number of aromatic nitrogens is 3. The first-order chi connectivity index (χ1) is 20.3. The van der Waals surface area contributed by atoms with Crippen LogP contribution < -0.4 is 20.3 Å². The molecule has 0 radical (unpaired) electrons. The molecular weight excluding hydrogens is 536 g/mol. The van der Waals surface area contributed by atoms with E-state index in [9.17, 15) is 14.7 Å². The van der Waals surface area contributed by atoms with Crippen molar-refractivity contribution in [2.24, 2.45) is 5.92 Å². The molecule has 222 valence electrons. The zero-order chi connectivity index (χ0) is 29.7. The summed E-state index contributed by atoms with van der Waals surface area (Å²) in [5, 5.41) is 35.3. The number of aliphatic hydroxyl groups is 2. The van der Waals surface area contributed by atoms with Crippen LogP contribution in [0.4, 0.5) is 11.4 Å². The van der Waals surface area contributed by atoms with Gasteiger partial charge in [0.1, 0.15) is 5.75 Å². The minimum absolute atomic E-state index is 0.0217. The maximum atomic E-state index is 13.9. The van der Waals surface area contributed by atoms with E-state index < -0.39 is 17.4 Å². The van der Waals surface area contributed by atoms with Crippen molar-refractivity contribution in [2.75, 3.05) is 30.5 Å². The highest BCUT2D eigenvalue weighted by Crippen LogP contribution is 2.47. The summed E-state index contributed by atoms with van der Waals surface area (Å²) < 4.78 is 7.13. The van der Waals surface area contributed by atoms with Crippen LogP contribution in [-0.2, 0) is 34.7 Å². The fraction of sp³-hybridized carbons (Fsp3) is 0.419. The number of amides is 2. The molecule has 42 heavy (non-hydrogen) atoms. The Balaban J connectivity index is 1.29. The van der Waals surface area contributed by atoms with E-state index in [0.29, 0.717) is 42.1 Å². The quantitative estimate of drug-likeness (QED) is 0.242. The summed E-state index contributed by atoms with van der Waals surface area (Å²) in [6, 6.07) is 12.6. The lowest BCUT2D eigenvalue weighted by atomic mass is 9.83. The van der Waals surface area contributed by atoms with E-state index in [4.69, 9.17) is 9.84 Å². The molecule has 1 aromatic heterocycles. The van der Waals surface area contributed by atoms with Crippen molar-refractivity contribution in [3.63, 3.8) is 0 Å². The van der Waals surface area contributed by atoms with Crippen molar-refractivity contribution in [2.45, 2.75) is 57.3 Å². The first-order valence-corrected chi connectivity index (χ1v) is 14.4. The van der Waals surface area contributed by atoms with Crippen LogP contribution in [0.2, 0.25) is 0 Å². The van der Waals surface area contributed by atoms with Crippen molar-refractivity contribution >= 4 is 23.2 Å². The molecule has 0 saturated carbocycles. The number of rotatable bonds is 12. The second kappa shape index (κ2) is 12.8. The molecule has 0 spiro atoms. The van der Waals surface area contributed by atoms with Gasteiger partial charge in [-0.05, 0) is 61.7 Å². The van der Waals surface area contributed by atoms with Crippen molar-refractivity contribution in [3.8, 4) is 5.75 Å². The van der Waals surface area contributed by atoms with Gasteiger partial charge in [-0.25, -0.2) is 0 Å². The Morgan fingerprint density at radius 2 is 2.10 bits per heavy atom. The summed E-state index contributed by atoms with van der Waals surface area (Å²) in [5.41, 5.74) is 1.65. The SMILES string of the molecule is COc1ccc2c(c1)[C@](O)([C@@H](C)/C=C/CCn1cc(CCO)nn1)C(=O)N2Cc1ccc(NC(=O)[C@H]2CCCN2)cc1. The molecular formula is C31H38N6O5. The Morgan fingerprint density at radius 1 is 1.29 bits per heavy atom. The Kier molecular flexibility index (Phi) is 9.00. The van der Waals surface area contributed by atoms with Crippen LogP contribution in [0.1, 0.15) is 43.0 Å². The van der Waals surface area contributed by atoms with E-state index in [2.05, 4.69) is 20.9 Å². The molecule has 2 aliphatic heterocycles. The van der Waals surface area contributed by atoms with E-state index in [-0.39, 0.29) is 25.1 Å². The number of anilines is 2. The standard InChI is InChI=1S/C31H38N6O5/c1-21(6-3-4-16-36-20-24(14-17-38)34-35-36)31(41)26-18-25(42-2)12-13-28(26)37(30(31)40)19-22-8-10-23(11-9-22)33-29(39)27-7-5-15-32-27/h3,6,8-13,18,20-21,27,32,38,41H,4-5,7,14-17,19H2,1-2H3,(H,33,39)/b6-3+/t21-,27+,31+/m0/s1. The topological polar surface area (TPSA) is 142 Å². The van der Waals surface area contributed by atoms with E-state index in [1.807, 2.05) is 43.3 Å². The molecule has 3 aromatic rings. The molecule has 2 aliphatic rings. The van der Waals surface area contributed by atoms with Gasteiger partial charge in [-0.3, -0.25) is 14.3 Å². The number of hydrogen-bond acceptors (Lipinski definition) is 8. The number of hydrogen-bond donors (Lipinski definition) is 4. The Bertz CT molecular complexity index is 1430. The number of benzene rings is 2. The van der Waals surface area contributed by atoms with Crippen molar-refractivity contribution in [1.29, 1.82) is 0 Å². The maximum absolute atomic E-state index is 13.9. The van der Waals surface area contributed by atoms with E-state index in [0.717, 1.165) is 30.6 Å². The lowest BCUT2D eigenvalue weighted by Crippen LogP contribution is -2.44. The molecule has 0 unspecified atom stereocenters. The maximum Gasteiger partial charge on any atom is 0.264 e. The summed E-state index contributed by atoms with van der Waals surface area (Å²) >= 11 is 0. The number of carbonyl (C=O) groups is 2. The van der Waals surface area contributed by atoms with E-state index in [1.165, 1.54) is 0 Å². The third kappa shape index (κ3) is 6.08. The highest BCUT2D eigenvalue weighted by atomic mass is 16.5. The third-order valence-corrected chi connectivity index (χ3v) is 7.98. The molecule has 1 fully saturated rings. The van der Waals surface area contributed by atoms with Gasteiger partial charge in [0.15, 0.2) is 5.60 Å². The minimum Gasteiger partial charge on any atom is -0.497 e. The number of fused-ring (bicyclic) bond motifs is 1. The van der Waals surface area contributed by atoms with Crippen molar-refractivity contribution < 1.29 is 24.5 Å². The molecule has 1 saturated heterocycles. The lowest BCUT2D eigenvalue weighted by molar-refractivity contribution is -0.139. The van der Waals surface area contributed by atoms with Crippen LogP contribution in [0.25, 0.3) is 0 Å². The van der Waals surface area contributed by atoms with Gasteiger partial charge in [-0.15, -0.1) is 5.10 Å². The van der Waals surface area contributed by atoms with Gasteiger partial charge in [-0.2, -0.15) is 0 Å². The van der Waals surface area contributed by atoms with Gasteiger partial charge in [0, 0.05) is 42.9 Å². The predicted octanol–water partition coefficient (Wildman–Crippen LogP) is 2.53. The van der Waals surface area contributed by atoms with Gasteiger partial charge in [0.2, 0.25) is 5.91 Å². The molecule has 0 bridgehead atoms. The number of nitrogens with one attached hydrogen (secondary N) is 2. The zero-order valence-electron chi connectivity index (χ0n) is 24.0. The molecule has 2 aromatic carbocycles. The first kappa shape index (κ1) is 29.4. The number of aliphatic hydroxyl groups excluding tert-OH is 1. The summed E-state index contributed by atoms with van der Waals surface area (Å²) in [7, 11) is 1.55. The molecule has 2 amide bonds. The lowest BCUT2D eigenvalue weighted by Gasteiger charge is -2.28. The number of ether oxygens (including phenoxy) is 1. The highest BCUT2D eigenvalue weighted by molar-refractivity contribution is 6.07. The van der Waals surface area contributed by atoms with Gasteiger partial charge < -0.3 is 30.5 Å². The summed E-state index contributed by atoms with van der Waals surface area (Å²) in [4.78, 5) is 28.0. The second-order valence-corrected chi connectivity index (χ2v) is 10.8. The minimum atomic E-state index is -1.77. The molecule has 11 heteroatoms. The molecule has 4 N–H and O–H groups in total. The molecule has 3 atom stereocenters. The Hall–Kier alpha value is -4.06. The molecule has 11 nitrogen and oxygen atoms in total. The van der Waals surface area contributed by atoms with Crippen molar-refractivity contribution in [1.82, 2.24) is 20.3 Å². The zero-order valence-corrected chi connectivity index (χ0v) is 24.0. The number of allylic oxidation sites excluding steroid dienone is 1. The Labute approximate surface area is 245 Å². The number of aryl methyl sites for hydroxylation is 1. The van der Waals surface area contributed by atoms with Crippen LogP contribution in [0, 0.1) is 5.92 Å². The average molecular weight is 575 g/mol. The van der Waals surface area contributed by atoms with Crippen molar-refractivity contribution in [3.05, 3.63) is 77.6 Å². The second-order valence-electron chi connectivity index (χ2n) is 10.8. The summed E-state index contributed by atoms with van der Waals surface area (Å²) in [6.45, 7) is 3.54. The van der Waals surface area contributed by atoms with Gasteiger partial charge in [0.05, 0.1) is 31.1 Å². The van der Waals surface area contributed by atoms with E-state index >= 15 is 0 Å². The van der Waals surface area contributed by atoms with Crippen LogP contribution >= 0.6 is 0 Å². The van der Waals surface area contributed by atoms with Crippen LogP contribution in [0.5, 0.6) is 5.75 Å². The monoisotopic (exact) mass is 574 g/mol. The molecule has 3 heterocycles. The normalized spacial score (nSPS) is 20.7. The summed E-state index contributed by atoms with van der Waals surface area (Å²) in [6.07, 6.45) is 8.49. The number of carbonyl (C=O) groups excluding carboxylic acids is 2. The van der Waals surface area contributed by atoms with Crippen LogP contribution in [0.15, 0.2) is 60.8 Å². The van der Waals surface area contributed by atoms with Gasteiger partial charge in [-0.1, -0.05) is 36.4 Å². The average Bonchev–Trinajstić information content (AvgIpc) is 3.74. The fourth-order valence-corrected chi connectivity index (χ4v) is 5.55. The first-order valence-electron chi connectivity index (χ1n) is 14.4. The highest BCUT2D eigenvalue weighted by Gasteiger charge is 2.52. The van der Waals surface area contributed by atoms with Crippen LogP contribution in [-0.4, -0.2) is 63.3 Å². The largest absolute Gasteiger partial charge is 0.497 e. The van der Waals surface area contributed by atoms with E-state index in [1.54, 1.807) is 41.1 Å². The number of nitrogens with zero attached hydrogens (tertiary/aromatic N) is 4. The predicted molar refractivity (Wildman–Crippen MR) is 158 cm³/mol. The third-order valence-electron chi connectivity index (χ3n) is 7.98. The Morgan fingerprint density at radius 3 is 2.81 bits per heavy atom. The summed E-state index contributed by atoms with van der Waals surface area (Å²) in [5.74, 6) is -0.418. The number of methoxy groups -OCH3 is 1. The van der Waals surface area contributed by atoms with Crippen LogP contribution in [0.3, 0.4) is 0 Å². The molecule has 0 aliphatic carbocycles. The van der Waals surface area contributed by atoms with Gasteiger partial charge in [0.25, 0.3) is 5.91 Å². The fourth-order valence-electron chi connectivity index (χ4n) is 5.55. The molecule has 5 rings (SSSR count). The smallest absolute Gasteiger partial charge is 0.264 e.